The first-order valence-corrected chi connectivity index (χ1v) is 4.22. The molecule has 0 radical (unpaired) electrons. The third-order valence-corrected chi connectivity index (χ3v) is 1.61. The van der Waals surface area contributed by atoms with Crippen LogP contribution in [0.25, 0.3) is 0 Å². The first-order chi connectivity index (χ1) is 7.09. The molecule has 78 valence electrons. The predicted octanol–water partition coefficient (Wildman–Crippen LogP) is 1.05. The second kappa shape index (κ2) is 4.90. The molecule has 1 aromatic heterocycles. The molecule has 1 rings (SSSR count). The Morgan fingerprint density at radius 2 is 2.27 bits per heavy atom. The number of aromatic nitrogens is 1. The van der Waals surface area contributed by atoms with E-state index >= 15 is 0 Å². The van der Waals surface area contributed by atoms with E-state index in [-0.39, 0.29) is 5.57 Å². The summed E-state index contributed by atoms with van der Waals surface area (Å²) in [6.07, 6.45) is 4.07. The Bertz CT molecular complexity index is 398. The number of aliphatic carboxylic acids is 1. The number of pyridine rings is 1. The molecule has 1 heterocycles. The summed E-state index contributed by atoms with van der Waals surface area (Å²) < 4.78 is 0. The molecule has 5 nitrogen and oxygen atoms in total. The van der Waals surface area contributed by atoms with Crippen molar-refractivity contribution in [3.8, 4) is 0 Å². The zero-order valence-electron chi connectivity index (χ0n) is 8.10. The van der Waals surface area contributed by atoms with Crippen molar-refractivity contribution in [2.45, 2.75) is 6.92 Å². The molecule has 0 aliphatic carbocycles. The van der Waals surface area contributed by atoms with Crippen LogP contribution in [0.4, 0.5) is 5.69 Å². The third-order valence-electron chi connectivity index (χ3n) is 1.61. The number of hydrogen-bond donors (Lipinski definition) is 2. The van der Waals surface area contributed by atoms with Gasteiger partial charge in [-0.25, -0.2) is 4.79 Å². The molecule has 0 aliphatic rings. The van der Waals surface area contributed by atoms with Gasteiger partial charge in [0.25, 0.3) is 0 Å². The minimum absolute atomic E-state index is 0.0172. The topological polar surface area (TPSA) is 79.3 Å². The zero-order chi connectivity index (χ0) is 11.3. The summed E-state index contributed by atoms with van der Waals surface area (Å²) in [5.41, 5.74) is 0.508. The number of nitrogens with one attached hydrogen (secondary N) is 1. The number of nitrogens with zero attached hydrogens (tertiary/aromatic N) is 1. The van der Waals surface area contributed by atoms with E-state index in [9.17, 15) is 9.59 Å². The van der Waals surface area contributed by atoms with Crippen LogP contribution in [-0.2, 0) is 9.59 Å². The normalized spacial score (nSPS) is 10.9. The van der Waals surface area contributed by atoms with E-state index in [1.165, 1.54) is 13.1 Å². The minimum Gasteiger partial charge on any atom is -0.478 e. The van der Waals surface area contributed by atoms with Gasteiger partial charge in [-0.1, -0.05) is 0 Å². The van der Waals surface area contributed by atoms with Crippen molar-refractivity contribution in [3.05, 3.63) is 36.2 Å². The Kier molecular flexibility index (Phi) is 3.56. The van der Waals surface area contributed by atoms with Gasteiger partial charge in [0.2, 0.25) is 5.91 Å². The molecule has 0 aliphatic heterocycles. The van der Waals surface area contributed by atoms with Crippen molar-refractivity contribution in [1.82, 2.24) is 4.98 Å². The summed E-state index contributed by atoms with van der Waals surface area (Å²) in [5, 5.41) is 11.0. The number of carbonyl (C=O) groups excluding carboxylic acids is 1. The fourth-order valence-corrected chi connectivity index (χ4v) is 0.873. The standard InChI is InChI=1S/C10H10N2O3/c1-7(10(14)15)5-9(13)12-8-3-2-4-11-6-8/h2-6H,1H3,(H,12,13)(H,14,15)/b7-5+. The van der Waals surface area contributed by atoms with Crippen LogP contribution in [0.15, 0.2) is 36.2 Å². The lowest BCUT2D eigenvalue weighted by molar-refractivity contribution is -0.132. The van der Waals surface area contributed by atoms with Crippen molar-refractivity contribution >= 4 is 17.6 Å². The molecule has 15 heavy (non-hydrogen) atoms. The van der Waals surface area contributed by atoms with Gasteiger partial charge in [0, 0.05) is 17.8 Å². The summed E-state index contributed by atoms with van der Waals surface area (Å²) >= 11 is 0. The van der Waals surface area contributed by atoms with Gasteiger partial charge >= 0.3 is 5.97 Å². The maximum Gasteiger partial charge on any atom is 0.331 e. The van der Waals surface area contributed by atoms with Gasteiger partial charge in [-0.05, 0) is 19.1 Å². The van der Waals surface area contributed by atoms with Gasteiger partial charge in [-0.15, -0.1) is 0 Å². The maximum absolute atomic E-state index is 11.2. The SMILES string of the molecule is C/C(=C\C(=O)Nc1cccnc1)C(=O)O. The van der Waals surface area contributed by atoms with E-state index < -0.39 is 11.9 Å². The highest BCUT2D eigenvalue weighted by molar-refractivity contribution is 6.03. The van der Waals surface area contributed by atoms with E-state index in [1.54, 1.807) is 18.3 Å². The van der Waals surface area contributed by atoms with Gasteiger partial charge in [0.15, 0.2) is 0 Å². The van der Waals surface area contributed by atoms with E-state index in [1.807, 2.05) is 0 Å². The van der Waals surface area contributed by atoms with Crippen LogP contribution < -0.4 is 5.32 Å². The Hall–Kier alpha value is -2.17. The Labute approximate surface area is 86.5 Å². The summed E-state index contributed by atoms with van der Waals surface area (Å²) in [6.45, 7) is 1.35. The minimum atomic E-state index is -1.11. The van der Waals surface area contributed by atoms with Gasteiger partial charge in [-0.2, -0.15) is 0 Å². The van der Waals surface area contributed by atoms with Crippen molar-refractivity contribution in [1.29, 1.82) is 0 Å². The third kappa shape index (κ3) is 3.60. The number of carboxylic acids is 1. The van der Waals surface area contributed by atoms with E-state index in [4.69, 9.17) is 5.11 Å². The van der Waals surface area contributed by atoms with Gasteiger partial charge in [0.1, 0.15) is 0 Å². The fraction of sp³-hybridized carbons (Fsp3) is 0.100. The van der Waals surface area contributed by atoms with Crippen molar-refractivity contribution in [2.24, 2.45) is 0 Å². The van der Waals surface area contributed by atoms with Crippen LogP contribution >= 0.6 is 0 Å². The highest BCUT2D eigenvalue weighted by atomic mass is 16.4. The van der Waals surface area contributed by atoms with Crippen LogP contribution in [0.5, 0.6) is 0 Å². The van der Waals surface area contributed by atoms with Crippen LogP contribution in [0.2, 0.25) is 0 Å². The number of anilines is 1. The fourth-order valence-electron chi connectivity index (χ4n) is 0.873. The highest BCUT2D eigenvalue weighted by Crippen LogP contribution is 2.03. The van der Waals surface area contributed by atoms with E-state index in [2.05, 4.69) is 10.3 Å². The molecule has 1 aromatic rings. The van der Waals surface area contributed by atoms with Crippen LogP contribution in [0.1, 0.15) is 6.92 Å². The van der Waals surface area contributed by atoms with Crippen molar-refractivity contribution in [3.63, 3.8) is 0 Å². The first kappa shape index (κ1) is 10.9. The molecule has 0 spiro atoms. The summed E-state index contributed by atoms with van der Waals surface area (Å²) in [6, 6.07) is 3.33. The average molecular weight is 206 g/mol. The van der Waals surface area contributed by atoms with Crippen LogP contribution in [-0.4, -0.2) is 22.0 Å². The quantitative estimate of drug-likeness (QED) is 0.724. The highest BCUT2D eigenvalue weighted by Gasteiger charge is 2.04. The molecule has 2 N–H and O–H groups in total. The molecule has 0 saturated heterocycles. The smallest absolute Gasteiger partial charge is 0.331 e. The molecular weight excluding hydrogens is 196 g/mol. The number of carboxylic acid groups (broad SMARTS) is 1. The van der Waals surface area contributed by atoms with Gasteiger partial charge in [0.05, 0.1) is 11.9 Å². The molecule has 5 heteroatoms. The first-order valence-electron chi connectivity index (χ1n) is 4.22. The Morgan fingerprint density at radius 3 is 2.80 bits per heavy atom. The predicted molar refractivity (Wildman–Crippen MR) is 54.3 cm³/mol. The number of hydrogen-bond acceptors (Lipinski definition) is 3. The summed E-state index contributed by atoms with van der Waals surface area (Å²) in [5.74, 6) is -1.60. The largest absolute Gasteiger partial charge is 0.478 e. The lowest BCUT2D eigenvalue weighted by Gasteiger charge is -2.00. The number of carbonyl (C=O) groups is 2. The van der Waals surface area contributed by atoms with Gasteiger partial charge < -0.3 is 10.4 Å². The zero-order valence-corrected chi connectivity index (χ0v) is 8.10. The number of rotatable bonds is 3. The second-order valence-corrected chi connectivity index (χ2v) is 2.86. The second-order valence-electron chi connectivity index (χ2n) is 2.86. The molecule has 0 bridgehead atoms. The monoisotopic (exact) mass is 206 g/mol. The van der Waals surface area contributed by atoms with Crippen molar-refractivity contribution < 1.29 is 14.7 Å². The van der Waals surface area contributed by atoms with Crippen LogP contribution in [0, 0.1) is 0 Å². The number of amides is 1. The molecule has 0 atom stereocenters. The van der Waals surface area contributed by atoms with E-state index in [0.29, 0.717) is 5.69 Å². The molecule has 0 fully saturated rings. The van der Waals surface area contributed by atoms with Gasteiger partial charge in [-0.3, -0.25) is 9.78 Å². The summed E-state index contributed by atoms with van der Waals surface area (Å²) in [4.78, 5) is 25.5. The molecule has 0 unspecified atom stereocenters. The molecular formula is C10H10N2O3. The summed E-state index contributed by atoms with van der Waals surface area (Å²) in [7, 11) is 0. The lowest BCUT2D eigenvalue weighted by atomic mass is 10.3. The lowest BCUT2D eigenvalue weighted by Crippen LogP contribution is -2.10. The maximum atomic E-state index is 11.2. The van der Waals surface area contributed by atoms with E-state index in [0.717, 1.165) is 6.08 Å². The van der Waals surface area contributed by atoms with Crippen LogP contribution in [0.3, 0.4) is 0 Å². The van der Waals surface area contributed by atoms with Crippen molar-refractivity contribution in [2.75, 3.05) is 5.32 Å². The molecule has 0 saturated carbocycles. The Balaban J connectivity index is 2.65. The molecule has 0 aromatic carbocycles. The molecule has 1 amide bonds. The average Bonchev–Trinajstić information content (AvgIpc) is 2.18. The Morgan fingerprint density at radius 1 is 1.53 bits per heavy atom.